The van der Waals surface area contributed by atoms with Gasteiger partial charge in [-0.1, -0.05) is 6.07 Å². The third-order valence-electron chi connectivity index (χ3n) is 2.88. The molecule has 2 aromatic rings. The Morgan fingerprint density at radius 1 is 1.50 bits per heavy atom. The molecule has 92 valence electrons. The predicted molar refractivity (Wildman–Crippen MR) is 66.2 cm³/mol. The summed E-state index contributed by atoms with van der Waals surface area (Å²) in [5, 5.41) is 10.9. The van der Waals surface area contributed by atoms with E-state index in [0.29, 0.717) is 11.7 Å². The lowest BCUT2D eigenvalue weighted by Gasteiger charge is -2.15. The summed E-state index contributed by atoms with van der Waals surface area (Å²) in [7, 11) is 0. The highest BCUT2D eigenvalue weighted by atomic mass is 32.1. The van der Waals surface area contributed by atoms with Crippen molar-refractivity contribution in [1.29, 1.82) is 0 Å². The van der Waals surface area contributed by atoms with Crippen molar-refractivity contribution >= 4 is 28.1 Å². The lowest BCUT2D eigenvalue weighted by Crippen LogP contribution is -2.13. The molecule has 2 heterocycles. The lowest BCUT2D eigenvalue weighted by molar-refractivity contribution is 0.0691. The van der Waals surface area contributed by atoms with Crippen LogP contribution in [0.3, 0.4) is 0 Å². The molecule has 1 aromatic heterocycles. The van der Waals surface area contributed by atoms with Crippen LogP contribution in [0.4, 0.5) is 15.2 Å². The minimum absolute atomic E-state index is 0.0276. The topological polar surface area (TPSA) is 53.4 Å². The number of hydrogen-bond acceptors (Lipinski definition) is 4. The SMILES string of the molecule is O=C(O)c1csc(N2CCc3ccc(F)cc32)n1. The number of rotatable bonds is 2. The van der Waals surface area contributed by atoms with E-state index in [1.165, 1.54) is 28.8 Å². The highest BCUT2D eigenvalue weighted by molar-refractivity contribution is 7.14. The van der Waals surface area contributed by atoms with Crippen LogP contribution in [0.15, 0.2) is 23.6 Å². The Bertz CT molecular complexity index is 626. The molecular formula is C12H9FN2O2S. The van der Waals surface area contributed by atoms with Crippen LogP contribution in [0.1, 0.15) is 16.1 Å². The molecule has 1 aromatic carbocycles. The van der Waals surface area contributed by atoms with Crippen LogP contribution in [0.25, 0.3) is 0 Å². The molecule has 0 unspecified atom stereocenters. The Balaban J connectivity index is 2.00. The Morgan fingerprint density at radius 2 is 2.33 bits per heavy atom. The lowest BCUT2D eigenvalue weighted by atomic mass is 10.2. The number of fused-ring (bicyclic) bond motifs is 1. The number of nitrogens with zero attached hydrogens (tertiary/aromatic N) is 2. The summed E-state index contributed by atoms with van der Waals surface area (Å²) in [5.41, 5.74) is 1.87. The molecule has 0 amide bonds. The normalized spacial score (nSPS) is 13.7. The summed E-state index contributed by atoms with van der Waals surface area (Å²) in [6, 6.07) is 4.66. The van der Waals surface area contributed by atoms with E-state index in [4.69, 9.17) is 5.11 Å². The first-order valence-corrected chi connectivity index (χ1v) is 6.28. The van der Waals surface area contributed by atoms with Gasteiger partial charge in [-0.15, -0.1) is 11.3 Å². The van der Waals surface area contributed by atoms with Crippen LogP contribution in [-0.2, 0) is 6.42 Å². The molecule has 0 saturated carbocycles. The zero-order valence-electron chi connectivity index (χ0n) is 9.26. The van der Waals surface area contributed by atoms with Crippen LogP contribution < -0.4 is 4.90 Å². The first-order valence-electron chi connectivity index (χ1n) is 5.40. The number of carboxylic acid groups (broad SMARTS) is 1. The number of carbonyl (C=O) groups is 1. The summed E-state index contributed by atoms with van der Waals surface area (Å²) >= 11 is 1.26. The molecule has 0 radical (unpaired) electrons. The van der Waals surface area contributed by atoms with Gasteiger partial charge in [0, 0.05) is 17.6 Å². The molecule has 6 heteroatoms. The summed E-state index contributed by atoms with van der Waals surface area (Å²) in [6.45, 7) is 0.700. The van der Waals surface area contributed by atoms with Crippen molar-refractivity contribution in [2.45, 2.75) is 6.42 Å². The van der Waals surface area contributed by atoms with E-state index >= 15 is 0 Å². The molecule has 1 aliphatic rings. The van der Waals surface area contributed by atoms with Gasteiger partial charge < -0.3 is 10.0 Å². The third kappa shape index (κ3) is 1.74. The fourth-order valence-corrected chi connectivity index (χ4v) is 2.88. The molecule has 0 saturated heterocycles. The first-order chi connectivity index (χ1) is 8.65. The van der Waals surface area contributed by atoms with Gasteiger partial charge in [0.05, 0.1) is 0 Å². The van der Waals surface area contributed by atoms with Crippen molar-refractivity contribution in [3.05, 3.63) is 40.7 Å². The molecule has 1 N–H and O–H groups in total. The summed E-state index contributed by atoms with van der Waals surface area (Å²) in [4.78, 5) is 16.7. The largest absolute Gasteiger partial charge is 0.476 e. The average Bonchev–Trinajstić information content (AvgIpc) is 2.93. The van der Waals surface area contributed by atoms with E-state index < -0.39 is 5.97 Å². The van der Waals surface area contributed by atoms with E-state index in [1.54, 1.807) is 6.07 Å². The smallest absolute Gasteiger partial charge is 0.355 e. The number of aromatic carboxylic acids is 1. The van der Waals surface area contributed by atoms with Crippen LogP contribution in [-0.4, -0.2) is 22.6 Å². The third-order valence-corrected chi connectivity index (χ3v) is 3.75. The zero-order valence-corrected chi connectivity index (χ0v) is 10.1. The Morgan fingerprint density at radius 3 is 3.06 bits per heavy atom. The van der Waals surface area contributed by atoms with Gasteiger partial charge in [-0.05, 0) is 24.1 Å². The molecule has 0 aliphatic carbocycles. The van der Waals surface area contributed by atoms with Crippen molar-refractivity contribution in [3.8, 4) is 0 Å². The molecule has 18 heavy (non-hydrogen) atoms. The van der Waals surface area contributed by atoms with Crippen LogP contribution in [0, 0.1) is 5.82 Å². The van der Waals surface area contributed by atoms with Gasteiger partial charge >= 0.3 is 5.97 Å². The maximum Gasteiger partial charge on any atom is 0.355 e. The molecular weight excluding hydrogens is 255 g/mol. The quantitative estimate of drug-likeness (QED) is 0.906. The second-order valence-corrected chi connectivity index (χ2v) is 4.83. The van der Waals surface area contributed by atoms with Crippen molar-refractivity contribution in [3.63, 3.8) is 0 Å². The van der Waals surface area contributed by atoms with E-state index in [1.807, 2.05) is 4.90 Å². The number of benzene rings is 1. The fourth-order valence-electron chi connectivity index (χ4n) is 2.04. The van der Waals surface area contributed by atoms with Crippen LogP contribution >= 0.6 is 11.3 Å². The van der Waals surface area contributed by atoms with Gasteiger partial charge in [0.1, 0.15) is 5.82 Å². The summed E-state index contributed by atoms with van der Waals surface area (Å²) in [5.74, 6) is -1.34. The average molecular weight is 264 g/mol. The Kier molecular flexibility index (Phi) is 2.52. The van der Waals surface area contributed by atoms with E-state index in [0.717, 1.165) is 17.7 Å². The van der Waals surface area contributed by atoms with Gasteiger partial charge in [-0.25, -0.2) is 14.2 Å². The maximum atomic E-state index is 13.2. The maximum absolute atomic E-state index is 13.2. The number of anilines is 2. The predicted octanol–water partition coefficient (Wildman–Crippen LogP) is 2.67. The first kappa shape index (κ1) is 11.2. The molecule has 0 spiro atoms. The fraction of sp³-hybridized carbons (Fsp3) is 0.167. The summed E-state index contributed by atoms with van der Waals surface area (Å²) in [6.07, 6.45) is 0.817. The monoisotopic (exact) mass is 264 g/mol. The highest BCUT2D eigenvalue weighted by Crippen LogP contribution is 2.36. The van der Waals surface area contributed by atoms with Crippen LogP contribution in [0.5, 0.6) is 0 Å². The number of carboxylic acids is 1. The Labute approximate surface area is 106 Å². The van der Waals surface area contributed by atoms with E-state index in [-0.39, 0.29) is 11.5 Å². The van der Waals surface area contributed by atoms with Crippen molar-refractivity contribution in [1.82, 2.24) is 4.98 Å². The number of thiazole rings is 1. The van der Waals surface area contributed by atoms with Crippen molar-refractivity contribution in [2.24, 2.45) is 0 Å². The van der Waals surface area contributed by atoms with Gasteiger partial charge in [0.15, 0.2) is 10.8 Å². The number of hydrogen-bond donors (Lipinski definition) is 1. The van der Waals surface area contributed by atoms with E-state index in [2.05, 4.69) is 4.98 Å². The highest BCUT2D eigenvalue weighted by Gasteiger charge is 2.24. The van der Waals surface area contributed by atoms with Gasteiger partial charge in [0.2, 0.25) is 0 Å². The number of aromatic nitrogens is 1. The van der Waals surface area contributed by atoms with E-state index in [9.17, 15) is 9.18 Å². The Hall–Kier alpha value is -1.95. The van der Waals surface area contributed by atoms with Gasteiger partial charge in [-0.2, -0.15) is 0 Å². The standard InChI is InChI=1S/C12H9FN2O2S/c13-8-2-1-7-3-4-15(10(7)5-8)12-14-9(6-18-12)11(16)17/h1-2,5-6H,3-4H2,(H,16,17). The molecule has 0 bridgehead atoms. The van der Waals surface area contributed by atoms with Gasteiger partial charge in [0.25, 0.3) is 0 Å². The second-order valence-electron chi connectivity index (χ2n) is 4.00. The minimum atomic E-state index is -1.05. The van der Waals surface area contributed by atoms with Crippen LogP contribution in [0.2, 0.25) is 0 Å². The zero-order chi connectivity index (χ0) is 12.7. The molecule has 0 atom stereocenters. The molecule has 3 rings (SSSR count). The second kappa shape index (κ2) is 4.06. The van der Waals surface area contributed by atoms with Crippen molar-refractivity contribution < 1.29 is 14.3 Å². The summed E-state index contributed by atoms with van der Waals surface area (Å²) < 4.78 is 13.2. The molecule has 0 fully saturated rings. The minimum Gasteiger partial charge on any atom is -0.476 e. The molecule has 1 aliphatic heterocycles. The van der Waals surface area contributed by atoms with Gasteiger partial charge in [-0.3, -0.25) is 0 Å². The molecule has 4 nitrogen and oxygen atoms in total. The number of halogens is 1. The van der Waals surface area contributed by atoms with Crippen molar-refractivity contribution in [2.75, 3.05) is 11.4 Å².